The summed E-state index contributed by atoms with van der Waals surface area (Å²) in [5.41, 5.74) is 0. The molecule has 0 unspecified atom stereocenters. The fourth-order valence-corrected chi connectivity index (χ4v) is 0.925. The highest BCUT2D eigenvalue weighted by Crippen LogP contribution is 2.21. The van der Waals surface area contributed by atoms with Gasteiger partial charge < -0.3 is 9.47 Å². The fourth-order valence-electron chi connectivity index (χ4n) is 0.836. The molecule has 1 rings (SSSR count). The van der Waals surface area contributed by atoms with Crippen molar-refractivity contribution in [1.29, 1.82) is 0 Å². The Morgan fingerprint density at radius 2 is 2.08 bits per heavy atom. The van der Waals surface area contributed by atoms with Crippen LogP contribution in [0.2, 0.25) is 0 Å². The van der Waals surface area contributed by atoms with E-state index < -0.39 is 0 Å². The molecule has 0 aliphatic carbocycles. The highest BCUT2D eigenvalue weighted by molar-refractivity contribution is 6.28. The van der Waals surface area contributed by atoms with Crippen molar-refractivity contribution in [2.24, 2.45) is 0 Å². The van der Waals surface area contributed by atoms with Crippen LogP contribution in [0.5, 0.6) is 11.5 Å². The van der Waals surface area contributed by atoms with E-state index in [1.807, 2.05) is 25.1 Å². The van der Waals surface area contributed by atoms with Crippen LogP contribution in [0, 0.1) is 0 Å². The van der Waals surface area contributed by atoms with Gasteiger partial charge in [0.25, 0.3) is 0 Å². The van der Waals surface area contributed by atoms with Gasteiger partial charge in [-0.05, 0) is 36.7 Å². The number of methoxy groups -OCH3 is 1. The average molecular weight is 199 g/mol. The zero-order valence-electron chi connectivity index (χ0n) is 7.58. The first-order chi connectivity index (χ1) is 6.26. The van der Waals surface area contributed by atoms with Crippen LogP contribution < -0.4 is 9.47 Å². The zero-order chi connectivity index (χ0) is 9.68. The first-order valence-corrected chi connectivity index (χ1v) is 4.27. The molecule has 0 aromatic heterocycles. The summed E-state index contributed by atoms with van der Waals surface area (Å²) < 4.78 is 10.3. The number of allylic oxidation sites excluding steroid dienone is 1. The summed E-state index contributed by atoms with van der Waals surface area (Å²) >= 11 is 5.69. The van der Waals surface area contributed by atoms with Gasteiger partial charge >= 0.3 is 0 Å². The molecule has 0 saturated carbocycles. The molecule has 2 nitrogen and oxygen atoms in total. The molecule has 1 aromatic rings. The van der Waals surface area contributed by atoms with Gasteiger partial charge in [-0.3, -0.25) is 0 Å². The molecule has 0 saturated heterocycles. The Hall–Kier alpha value is -1.15. The molecule has 0 amide bonds. The summed E-state index contributed by atoms with van der Waals surface area (Å²) in [7, 11) is 1.61. The van der Waals surface area contributed by atoms with Crippen molar-refractivity contribution in [1.82, 2.24) is 0 Å². The van der Waals surface area contributed by atoms with E-state index in [0.717, 1.165) is 5.75 Å². The second-order valence-electron chi connectivity index (χ2n) is 2.37. The average Bonchev–Trinajstić information content (AvgIpc) is 2.18. The summed E-state index contributed by atoms with van der Waals surface area (Å²) in [5.74, 6) is 1.42. The van der Waals surface area contributed by atoms with E-state index in [4.69, 9.17) is 21.1 Å². The zero-order valence-corrected chi connectivity index (χ0v) is 8.34. The van der Waals surface area contributed by atoms with E-state index >= 15 is 0 Å². The van der Waals surface area contributed by atoms with Crippen LogP contribution in [-0.2, 0) is 0 Å². The van der Waals surface area contributed by atoms with Crippen LogP contribution in [0.15, 0.2) is 35.6 Å². The lowest BCUT2D eigenvalue weighted by Crippen LogP contribution is -1.88. The van der Waals surface area contributed by atoms with Crippen molar-refractivity contribution < 1.29 is 9.47 Å². The van der Waals surface area contributed by atoms with Gasteiger partial charge in [0.2, 0.25) is 0 Å². The molecule has 70 valence electrons. The van der Waals surface area contributed by atoms with E-state index in [2.05, 4.69) is 0 Å². The van der Waals surface area contributed by atoms with Gasteiger partial charge in [-0.2, -0.15) is 0 Å². The molecule has 0 aliphatic heterocycles. The van der Waals surface area contributed by atoms with Gasteiger partial charge in [0.1, 0.15) is 11.5 Å². The largest absolute Gasteiger partial charge is 0.497 e. The Morgan fingerprint density at radius 3 is 2.69 bits per heavy atom. The topological polar surface area (TPSA) is 18.5 Å². The Balaban J connectivity index is 2.77. The Bertz CT molecular complexity index is 308. The van der Waals surface area contributed by atoms with Crippen LogP contribution >= 0.6 is 11.6 Å². The molecular weight excluding hydrogens is 188 g/mol. The van der Waals surface area contributed by atoms with E-state index in [0.29, 0.717) is 11.0 Å². The van der Waals surface area contributed by atoms with Gasteiger partial charge in [0.15, 0.2) is 5.22 Å². The number of rotatable bonds is 3. The van der Waals surface area contributed by atoms with Crippen LogP contribution in [0.1, 0.15) is 6.92 Å². The molecule has 13 heavy (non-hydrogen) atoms. The van der Waals surface area contributed by atoms with Crippen LogP contribution in [0.25, 0.3) is 0 Å². The van der Waals surface area contributed by atoms with E-state index in [1.54, 1.807) is 19.3 Å². The molecule has 0 aliphatic rings. The molecule has 1 aromatic carbocycles. The lowest BCUT2D eigenvalue weighted by Gasteiger charge is -2.04. The summed E-state index contributed by atoms with van der Waals surface area (Å²) in [5, 5.41) is 0.355. The van der Waals surface area contributed by atoms with Crippen molar-refractivity contribution in [3.05, 3.63) is 35.6 Å². The number of ether oxygens (including phenoxy) is 2. The van der Waals surface area contributed by atoms with Gasteiger partial charge in [-0.1, -0.05) is 6.07 Å². The maximum atomic E-state index is 5.69. The molecule has 0 spiro atoms. The minimum Gasteiger partial charge on any atom is -0.497 e. The number of halogens is 1. The lowest BCUT2D eigenvalue weighted by molar-refractivity contribution is 0.407. The summed E-state index contributed by atoms with van der Waals surface area (Å²) in [6.07, 6.45) is 1.68. The second-order valence-corrected chi connectivity index (χ2v) is 2.75. The van der Waals surface area contributed by atoms with Crippen LogP contribution in [0.3, 0.4) is 0 Å². The summed E-state index contributed by atoms with van der Waals surface area (Å²) in [6.45, 7) is 1.81. The second kappa shape index (κ2) is 4.77. The number of hydrogen-bond donors (Lipinski definition) is 0. The predicted molar refractivity (Wildman–Crippen MR) is 53.2 cm³/mol. The summed E-state index contributed by atoms with van der Waals surface area (Å²) in [4.78, 5) is 0. The van der Waals surface area contributed by atoms with Crippen molar-refractivity contribution in [2.75, 3.05) is 7.11 Å². The highest BCUT2D eigenvalue weighted by Gasteiger charge is 1.97. The Kier molecular flexibility index (Phi) is 3.65. The smallest absolute Gasteiger partial charge is 0.189 e. The molecule has 0 radical (unpaired) electrons. The third kappa shape index (κ3) is 2.99. The maximum absolute atomic E-state index is 5.69. The van der Waals surface area contributed by atoms with Crippen molar-refractivity contribution >= 4 is 11.6 Å². The van der Waals surface area contributed by atoms with Crippen molar-refractivity contribution in [3.63, 3.8) is 0 Å². The SMILES string of the molecule is C/C=C(/Cl)Oc1cccc(OC)c1. The molecule has 0 atom stereocenters. The lowest BCUT2D eigenvalue weighted by atomic mass is 10.3. The molecule has 0 N–H and O–H groups in total. The minimum absolute atomic E-state index is 0.355. The molecule has 3 heteroatoms. The first kappa shape index (κ1) is 9.93. The molecular formula is C10H11ClO2. The third-order valence-electron chi connectivity index (χ3n) is 1.48. The Labute approximate surface area is 82.7 Å². The number of hydrogen-bond acceptors (Lipinski definition) is 2. The Morgan fingerprint density at radius 1 is 1.38 bits per heavy atom. The molecule has 0 heterocycles. The summed E-state index contributed by atoms with van der Waals surface area (Å²) in [6, 6.07) is 7.27. The monoisotopic (exact) mass is 198 g/mol. The van der Waals surface area contributed by atoms with Crippen molar-refractivity contribution in [3.8, 4) is 11.5 Å². The number of benzene rings is 1. The quantitative estimate of drug-likeness (QED) is 0.695. The predicted octanol–water partition coefficient (Wildman–Crippen LogP) is 3.17. The maximum Gasteiger partial charge on any atom is 0.189 e. The molecule has 0 fully saturated rings. The minimum atomic E-state index is 0.355. The highest BCUT2D eigenvalue weighted by atomic mass is 35.5. The third-order valence-corrected chi connectivity index (χ3v) is 1.78. The van der Waals surface area contributed by atoms with Crippen LogP contribution in [-0.4, -0.2) is 7.11 Å². The van der Waals surface area contributed by atoms with E-state index in [-0.39, 0.29) is 0 Å². The normalized spacial score (nSPS) is 11.2. The van der Waals surface area contributed by atoms with Gasteiger partial charge in [-0.25, -0.2) is 0 Å². The van der Waals surface area contributed by atoms with E-state index in [1.165, 1.54) is 0 Å². The van der Waals surface area contributed by atoms with Crippen LogP contribution in [0.4, 0.5) is 0 Å². The molecule has 0 bridgehead atoms. The van der Waals surface area contributed by atoms with Gasteiger partial charge in [-0.15, -0.1) is 0 Å². The first-order valence-electron chi connectivity index (χ1n) is 3.90. The fraction of sp³-hybridized carbons (Fsp3) is 0.200. The van der Waals surface area contributed by atoms with Gasteiger partial charge in [0.05, 0.1) is 7.11 Å². The van der Waals surface area contributed by atoms with Gasteiger partial charge in [0, 0.05) is 6.07 Å². The van der Waals surface area contributed by atoms with Crippen molar-refractivity contribution in [2.45, 2.75) is 6.92 Å². The standard InChI is InChI=1S/C10H11ClO2/c1-3-10(11)13-9-6-4-5-8(7-9)12-2/h3-7H,1-2H3/b10-3-. The van der Waals surface area contributed by atoms with E-state index in [9.17, 15) is 0 Å².